The van der Waals surface area contributed by atoms with Crippen LogP contribution in [0.2, 0.25) is 0 Å². The second kappa shape index (κ2) is 8.09. The highest BCUT2D eigenvalue weighted by atomic mass is 32.2. The Hall–Kier alpha value is -3.12. The minimum absolute atomic E-state index is 0.114. The van der Waals surface area contributed by atoms with Gasteiger partial charge in [0.25, 0.3) is 10.0 Å². The molecule has 1 aliphatic heterocycles. The van der Waals surface area contributed by atoms with E-state index in [0.717, 1.165) is 22.3 Å². The maximum atomic E-state index is 12.8. The Morgan fingerprint density at radius 3 is 1.93 bits per heavy atom. The van der Waals surface area contributed by atoms with E-state index in [0.29, 0.717) is 19.7 Å². The molecule has 0 N–H and O–H groups in total. The number of fused-ring (bicyclic) bond motifs is 3. The molecule has 0 fully saturated rings. The van der Waals surface area contributed by atoms with Crippen molar-refractivity contribution in [2.75, 3.05) is 6.61 Å². The van der Waals surface area contributed by atoms with Crippen molar-refractivity contribution in [3.63, 3.8) is 0 Å². The number of hydrogen-bond donors (Lipinski definition) is 0. The highest BCUT2D eigenvalue weighted by Crippen LogP contribution is 2.32. The molecule has 0 atom stereocenters. The molecule has 0 aliphatic carbocycles. The van der Waals surface area contributed by atoms with E-state index in [4.69, 9.17) is 4.74 Å². The molecule has 6 heteroatoms. The van der Waals surface area contributed by atoms with Crippen molar-refractivity contribution >= 4 is 16.0 Å². The zero-order valence-corrected chi connectivity index (χ0v) is 17.0. The summed E-state index contributed by atoms with van der Waals surface area (Å²) in [6.07, 6.45) is 0. The third-order valence-corrected chi connectivity index (χ3v) is 6.10. The lowest BCUT2D eigenvalue weighted by molar-refractivity contribution is 0.236. The van der Waals surface area contributed by atoms with Crippen LogP contribution in [0.15, 0.2) is 88.2 Å². The molecule has 1 heterocycles. The van der Waals surface area contributed by atoms with Crippen LogP contribution in [-0.4, -0.2) is 25.9 Å². The molecular weight excluding hydrogens is 384 g/mol. The molecule has 0 amide bonds. The summed E-state index contributed by atoms with van der Waals surface area (Å²) in [6.45, 7) is 3.16. The molecule has 1 aliphatic rings. The zero-order valence-electron chi connectivity index (χ0n) is 16.2. The predicted octanol–water partition coefficient (Wildman–Crippen LogP) is 4.45. The van der Waals surface area contributed by atoms with Gasteiger partial charge in [0.2, 0.25) is 0 Å². The van der Waals surface area contributed by atoms with Crippen LogP contribution in [0.1, 0.15) is 18.1 Å². The van der Waals surface area contributed by atoms with Crippen molar-refractivity contribution in [3.8, 4) is 11.1 Å². The number of hydrogen-bond acceptors (Lipinski definition) is 3. The van der Waals surface area contributed by atoms with Crippen LogP contribution in [-0.2, 0) is 27.8 Å². The number of ether oxygens (including phenoxy) is 1. The van der Waals surface area contributed by atoms with Crippen molar-refractivity contribution in [3.05, 3.63) is 90.0 Å². The first-order valence-electron chi connectivity index (χ1n) is 9.52. The Morgan fingerprint density at radius 1 is 0.862 bits per heavy atom. The first-order valence-corrected chi connectivity index (χ1v) is 11.0. The van der Waals surface area contributed by atoms with Crippen molar-refractivity contribution in [1.29, 1.82) is 0 Å². The van der Waals surface area contributed by atoms with Gasteiger partial charge in [-0.25, -0.2) is 0 Å². The van der Waals surface area contributed by atoms with Gasteiger partial charge in [-0.2, -0.15) is 8.42 Å². The van der Waals surface area contributed by atoms with Crippen molar-refractivity contribution in [2.24, 2.45) is 4.40 Å². The van der Waals surface area contributed by atoms with Crippen LogP contribution in [0.25, 0.3) is 11.1 Å². The van der Waals surface area contributed by atoms with Crippen LogP contribution in [0.3, 0.4) is 0 Å². The average Bonchev–Trinajstić information content (AvgIpc) is 2.91. The zero-order chi connectivity index (χ0) is 20.3. The molecule has 0 unspecified atom stereocenters. The summed E-state index contributed by atoms with van der Waals surface area (Å²) in [4.78, 5) is 2.03. The summed E-state index contributed by atoms with van der Waals surface area (Å²) in [5, 5.41) is 0. The maximum Gasteiger partial charge on any atom is 0.304 e. The van der Waals surface area contributed by atoms with Gasteiger partial charge in [0.1, 0.15) is 0 Å². The van der Waals surface area contributed by atoms with Gasteiger partial charge in [-0.1, -0.05) is 66.7 Å². The van der Waals surface area contributed by atoms with Gasteiger partial charge < -0.3 is 9.64 Å². The monoisotopic (exact) mass is 406 g/mol. The Bertz CT molecular complexity index is 1090. The summed E-state index contributed by atoms with van der Waals surface area (Å²) < 4.78 is 35.5. The smallest absolute Gasteiger partial charge is 0.304 e. The van der Waals surface area contributed by atoms with Gasteiger partial charge in [0, 0.05) is 13.1 Å². The number of benzene rings is 3. The molecule has 0 bridgehead atoms. The number of rotatable bonds is 3. The molecule has 3 aromatic rings. The predicted molar refractivity (Wildman–Crippen MR) is 114 cm³/mol. The van der Waals surface area contributed by atoms with Gasteiger partial charge in [-0.15, -0.1) is 4.40 Å². The molecule has 0 spiro atoms. The summed E-state index contributed by atoms with van der Waals surface area (Å²) in [5.74, 6) is 0. The van der Waals surface area contributed by atoms with Gasteiger partial charge in [-0.3, -0.25) is 0 Å². The first-order chi connectivity index (χ1) is 14.1. The van der Waals surface area contributed by atoms with Crippen LogP contribution in [0.4, 0.5) is 0 Å². The normalized spacial score (nSPS) is 14.0. The summed E-state index contributed by atoms with van der Waals surface area (Å²) in [6, 6.07) is 24.6. The van der Waals surface area contributed by atoms with E-state index in [1.54, 1.807) is 18.2 Å². The van der Waals surface area contributed by atoms with Gasteiger partial charge in [0.05, 0.1) is 11.5 Å². The number of sulfonamides is 1. The third kappa shape index (κ3) is 4.03. The maximum absolute atomic E-state index is 12.8. The molecule has 0 saturated carbocycles. The molecule has 0 saturated heterocycles. The fourth-order valence-electron chi connectivity index (χ4n) is 3.50. The van der Waals surface area contributed by atoms with E-state index in [9.17, 15) is 8.42 Å². The van der Waals surface area contributed by atoms with E-state index in [1.807, 2.05) is 36.1 Å². The summed E-state index contributed by atoms with van der Waals surface area (Å²) in [7, 11) is -3.88. The van der Waals surface area contributed by atoms with Crippen LogP contribution < -0.4 is 0 Å². The van der Waals surface area contributed by atoms with Crippen molar-refractivity contribution in [1.82, 2.24) is 4.90 Å². The highest BCUT2D eigenvalue weighted by Gasteiger charge is 2.24. The molecule has 0 radical (unpaired) electrons. The largest absolute Gasteiger partial charge is 0.465 e. The molecule has 29 heavy (non-hydrogen) atoms. The van der Waals surface area contributed by atoms with Gasteiger partial charge in [0.15, 0.2) is 0 Å². The summed E-state index contributed by atoms with van der Waals surface area (Å²) in [5.41, 5.74) is 4.49. The minimum Gasteiger partial charge on any atom is -0.465 e. The standard InChI is InChI=1S/C23H22N2O3S/c1-2-28-23(24-29(26,27)20-12-4-3-5-13-20)25-16-18-10-6-8-14-21(18)22-15-9-7-11-19(22)17-25/h3-15H,2,16-17H2,1H3. The quantitative estimate of drug-likeness (QED) is 0.476. The van der Waals surface area contributed by atoms with E-state index in [1.165, 1.54) is 12.1 Å². The lowest BCUT2D eigenvalue weighted by Gasteiger charge is -2.24. The fourth-order valence-corrected chi connectivity index (χ4v) is 4.48. The number of amidine groups is 1. The molecule has 5 nitrogen and oxygen atoms in total. The molecular formula is C23H22N2O3S. The van der Waals surface area contributed by atoms with Gasteiger partial charge >= 0.3 is 6.02 Å². The van der Waals surface area contributed by atoms with Crippen LogP contribution in [0, 0.1) is 0 Å². The Kier molecular flexibility index (Phi) is 5.36. The second-order valence-electron chi connectivity index (χ2n) is 6.77. The Labute approximate surface area is 171 Å². The van der Waals surface area contributed by atoms with E-state index < -0.39 is 10.0 Å². The topological polar surface area (TPSA) is 59.0 Å². The lowest BCUT2D eigenvalue weighted by Crippen LogP contribution is -2.32. The minimum atomic E-state index is -3.88. The third-order valence-electron chi connectivity index (χ3n) is 4.83. The molecule has 148 valence electrons. The van der Waals surface area contributed by atoms with E-state index in [2.05, 4.69) is 28.7 Å². The van der Waals surface area contributed by atoms with Crippen LogP contribution in [0.5, 0.6) is 0 Å². The average molecular weight is 407 g/mol. The Balaban J connectivity index is 1.79. The molecule has 0 aromatic heterocycles. The number of nitrogens with zero attached hydrogens (tertiary/aromatic N) is 2. The Morgan fingerprint density at radius 2 is 1.38 bits per heavy atom. The summed E-state index contributed by atoms with van der Waals surface area (Å²) >= 11 is 0. The van der Waals surface area contributed by atoms with Crippen LogP contribution >= 0.6 is 0 Å². The molecule has 4 rings (SSSR count). The van der Waals surface area contributed by atoms with E-state index >= 15 is 0 Å². The van der Waals surface area contributed by atoms with Crippen molar-refractivity contribution < 1.29 is 13.2 Å². The SMILES string of the molecule is CCOC(=NS(=O)(=O)c1ccccc1)N1Cc2ccccc2-c2ccccc2C1. The van der Waals surface area contributed by atoms with Gasteiger partial charge in [-0.05, 0) is 41.3 Å². The highest BCUT2D eigenvalue weighted by molar-refractivity contribution is 7.90. The molecule has 3 aromatic carbocycles. The van der Waals surface area contributed by atoms with Crippen molar-refractivity contribution in [2.45, 2.75) is 24.9 Å². The fraction of sp³-hybridized carbons (Fsp3) is 0.174. The second-order valence-corrected chi connectivity index (χ2v) is 8.37. The lowest BCUT2D eigenvalue weighted by atomic mass is 9.97. The van der Waals surface area contributed by atoms with E-state index in [-0.39, 0.29) is 10.9 Å². The first kappa shape index (κ1) is 19.2.